The number of carbonyl (C=O) groups is 1. The van der Waals surface area contributed by atoms with Crippen LogP contribution >= 0.6 is 0 Å². The second kappa shape index (κ2) is 6.78. The maximum Gasteiger partial charge on any atom is 0.433 e. The monoisotopic (exact) mass is 304 g/mol. The third-order valence-corrected chi connectivity index (χ3v) is 3.25. The largest absolute Gasteiger partial charge is 0.478 e. The molecule has 0 spiro atoms. The molecule has 118 valence electrons. The Balaban J connectivity index is 3.04. The molecule has 1 aromatic heterocycles. The summed E-state index contributed by atoms with van der Waals surface area (Å²) in [5, 5.41) is 11.8. The number of aromatic carboxylic acids is 1. The van der Waals surface area contributed by atoms with Crippen LogP contribution < -0.4 is 5.32 Å². The predicted octanol–water partition coefficient (Wildman–Crippen LogP) is 4.04. The van der Waals surface area contributed by atoms with E-state index in [-0.39, 0.29) is 17.4 Å². The zero-order valence-electron chi connectivity index (χ0n) is 12.2. The highest BCUT2D eigenvalue weighted by molar-refractivity contribution is 5.93. The number of carboxylic acid groups (broad SMARTS) is 1. The first-order chi connectivity index (χ1) is 9.65. The van der Waals surface area contributed by atoms with E-state index in [0.717, 1.165) is 12.5 Å². The SMILES string of the molecule is CCC(C)CC(C)Nc1nc(C(F)(F)F)ccc1C(=O)O. The van der Waals surface area contributed by atoms with E-state index in [9.17, 15) is 18.0 Å². The van der Waals surface area contributed by atoms with Gasteiger partial charge in [-0.05, 0) is 31.4 Å². The Bertz CT molecular complexity index is 503. The van der Waals surface area contributed by atoms with Crippen molar-refractivity contribution in [1.82, 2.24) is 4.98 Å². The van der Waals surface area contributed by atoms with Crippen molar-refractivity contribution in [1.29, 1.82) is 0 Å². The zero-order chi connectivity index (χ0) is 16.2. The van der Waals surface area contributed by atoms with Gasteiger partial charge in [0.1, 0.15) is 17.1 Å². The number of pyridine rings is 1. The Labute approximate surface area is 121 Å². The molecule has 0 fully saturated rings. The van der Waals surface area contributed by atoms with Crippen molar-refractivity contribution in [3.05, 3.63) is 23.4 Å². The number of hydrogen-bond donors (Lipinski definition) is 2. The van der Waals surface area contributed by atoms with Crippen LogP contribution in [0, 0.1) is 5.92 Å². The lowest BCUT2D eigenvalue weighted by molar-refractivity contribution is -0.141. The first-order valence-electron chi connectivity index (χ1n) is 6.73. The molecule has 7 heteroatoms. The summed E-state index contributed by atoms with van der Waals surface area (Å²) in [6, 6.07) is 1.43. The fourth-order valence-electron chi connectivity index (χ4n) is 1.96. The van der Waals surface area contributed by atoms with Crippen molar-refractivity contribution in [2.75, 3.05) is 5.32 Å². The van der Waals surface area contributed by atoms with Gasteiger partial charge in [0.25, 0.3) is 0 Å². The van der Waals surface area contributed by atoms with Gasteiger partial charge in [-0.1, -0.05) is 20.3 Å². The van der Waals surface area contributed by atoms with E-state index >= 15 is 0 Å². The lowest BCUT2D eigenvalue weighted by Crippen LogP contribution is -2.22. The van der Waals surface area contributed by atoms with E-state index in [1.165, 1.54) is 0 Å². The van der Waals surface area contributed by atoms with E-state index in [1.807, 2.05) is 13.8 Å². The molecular weight excluding hydrogens is 285 g/mol. The zero-order valence-corrected chi connectivity index (χ0v) is 12.2. The summed E-state index contributed by atoms with van der Waals surface area (Å²) >= 11 is 0. The molecule has 2 unspecified atom stereocenters. The van der Waals surface area contributed by atoms with Gasteiger partial charge in [-0.25, -0.2) is 9.78 Å². The molecule has 0 radical (unpaired) electrons. The summed E-state index contributed by atoms with van der Waals surface area (Å²) in [4.78, 5) is 14.5. The number of carboxylic acids is 1. The van der Waals surface area contributed by atoms with Crippen LogP contribution in [-0.4, -0.2) is 22.1 Å². The van der Waals surface area contributed by atoms with E-state index in [1.54, 1.807) is 6.92 Å². The molecule has 4 nitrogen and oxygen atoms in total. The van der Waals surface area contributed by atoms with Crippen molar-refractivity contribution in [2.45, 2.75) is 45.8 Å². The second-order valence-corrected chi connectivity index (χ2v) is 5.19. The maximum absolute atomic E-state index is 12.7. The first-order valence-corrected chi connectivity index (χ1v) is 6.73. The van der Waals surface area contributed by atoms with Crippen molar-refractivity contribution in [3.63, 3.8) is 0 Å². The van der Waals surface area contributed by atoms with Gasteiger partial charge in [-0.3, -0.25) is 0 Å². The molecule has 1 rings (SSSR count). The molecule has 21 heavy (non-hydrogen) atoms. The molecule has 0 bridgehead atoms. The van der Waals surface area contributed by atoms with Crippen molar-refractivity contribution in [2.24, 2.45) is 5.92 Å². The maximum atomic E-state index is 12.7. The molecule has 0 aliphatic rings. The third-order valence-electron chi connectivity index (χ3n) is 3.25. The molecule has 2 atom stereocenters. The summed E-state index contributed by atoms with van der Waals surface area (Å²) in [5.74, 6) is -1.17. The van der Waals surface area contributed by atoms with Crippen LogP contribution in [0.2, 0.25) is 0 Å². The summed E-state index contributed by atoms with van der Waals surface area (Å²) in [6.45, 7) is 5.83. The number of anilines is 1. The average molecular weight is 304 g/mol. The van der Waals surface area contributed by atoms with Gasteiger partial charge in [-0.2, -0.15) is 13.2 Å². The van der Waals surface area contributed by atoms with Gasteiger partial charge in [0, 0.05) is 6.04 Å². The lowest BCUT2D eigenvalue weighted by Gasteiger charge is -2.20. The Hall–Kier alpha value is -1.79. The summed E-state index contributed by atoms with van der Waals surface area (Å²) < 4.78 is 38.0. The number of hydrogen-bond acceptors (Lipinski definition) is 3. The number of nitrogens with zero attached hydrogens (tertiary/aromatic N) is 1. The molecule has 1 heterocycles. The van der Waals surface area contributed by atoms with E-state index in [2.05, 4.69) is 10.3 Å². The second-order valence-electron chi connectivity index (χ2n) is 5.19. The normalized spacial score (nSPS) is 14.6. The molecule has 0 saturated heterocycles. The number of halogens is 3. The van der Waals surface area contributed by atoms with Gasteiger partial charge in [0.2, 0.25) is 0 Å². The smallest absolute Gasteiger partial charge is 0.433 e. The molecule has 0 aliphatic heterocycles. The van der Waals surface area contributed by atoms with Crippen LogP contribution in [0.15, 0.2) is 12.1 Å². The molecule has 0 aliphatic carbocycles. The van der Waals surface area contributed by atoms with Gasteiger partial charge < -0.3 is 10.4 Å². The Morgan fingerprint density at radius 2 is 2.00 bits per heavy atom. The molecule has 0 amide bonds. The van der Waals surface area contributed by atoms with E-state index in [0.29, 0.717) is 18.4 Å². The highest BCUT2D eigenvalue weighted by Crippen LogP contribution is 2.30. The van der Waals surface area contributed by atoms with Crippen molar-refractivity contribution in [3.8, 4) is 0 Å². The minimum absolute atomic E-state index is 0.172. The van der Waals surface area contributed by atoms with Crippen molar-refractivity contribution >= 4 is 11.8 Å². The quantitative estimate of drug-likeness (QED) is 0.832. The lowest BCUT2D eigenvalue weighted by atomic mass is 10.0. The number of rotatable bonds is 6. The van der Waals surface area contributed by atoms with Crippen LogP contribution in [0.4, 0.5) is 19.0 Å². The minimum Gasteiger partial charge on any atom is -0.478 e. The van der Waals surface area contributed by atoms with Gasteiger partial charge in [0.05, 0.1) is 0 Å². The fraction of sp³-hybridized carbons (Fsp3) is 0.571. The number of aromatic nitrogens is 1. The standard InChI is InChI=1S/C14H19F3N2O2/c1-4-8(2)7-9(3)18-12-10(13(20)21)5-6-11(19-12)14(15,16)17/h5-6,8-9H,4,7H2,1-3H3,(H,18,19)(H,20,21). The van der Waals surface area contributed by atoms with Gasteiger partial charge in [-0.15, -0.1) is 0 Å². The highest BCUT2D eigenvalue weighted by Gasteiger charge is 2.33. The summed E-state index contributed by atoms with van der Waals surface area (Å²) in [7, 11) is 0. The molecule has 2 N–H and O–H groups in total. The highest BCUT2D eigenvalue weighted by atomic mass is 19.4. The molecule has 1 aromatic rings. The predicted molar refractivity (Wildman–Crippen MR) is 73.4 cm³/mol. The number of nitrogens with one attached hydrogen (secondary N) is 1. The van der Waals surface area contributed by atoms with Gasteiger partial charge >= 0.3 is 12.1 Å². The minimum atomic E-state index is -4.60. The van der Waals surface area contributed by atoms with E-state index in [4.69, 9.17) is 5.11 Å². The van der Waals surface area contributed by atoms with Crippen LogP contribution in [0.5, 0.6) is 0 Å². The summed E-state index contributed by atoms with van der Waals surface area (Å²) in [6.07, 6.45) is -2.95. The summed E-state index contributed by atoms with van der Waals surface area (Å²) in [5.41, 5.74) is -1.37. The first kappa shape index (κ1) is 17.3. The van der Waals surface area contributed by atoms with Crippen LogP contribution in [0.3, 0.4) is 0 Å². The third kappa shape index (κ3) is 4.91. The molecule has 0 saturated carbocycles. The van der Waals surface area contributed by atoms with E-state index < -0.39 is 17.8 Å². The fourth-order valence-corrected chi connectivity index (χ4v) is 1.96. The van der Waals surface area contributed by atoms with Crippen LogP contribution in [0.25, 0.3) is 0 Å². The Kier molecular flexibility index (Phi) is 5.57. The molecular formula is C14H19F3N2O2. The Morgan fingerprint density at radius 1 is 1.38 bits per heavy atom. The van der Waals surface area contributed by atoms with Crippen LogP contribution in [0.1, 0.15) is 49.7 Å². The topological polar surface area (TPSA) is 62.2 Å². The Morgan fingerprint density at radius 3 is 2.48 bits per heavy atom. The van der Waals surface area contributed by atoms with Crippen molar-refractivity contribution < 1.29 is 23.1 Å². The van der Waals surface area contributed by atoms with Crippen LogP contribution in [-0.2, 0) is 6.18 Å². The molecule has 0 aromatic carbocycles. The van der Waals surface area contributed by atoms with Gasteiger partial charge in [0.15, 0.2) is 0 Å². The average Bonchev–Trinajstić information content (AvgIpc) is 2.36. The number of alkyl halides is 3.